The van der Waals surface area contributed by atoms with Gasteiger partial charge in [0.2, 0.25) is 0 Å². The highest BCUT2D eigenvalue weighted by molar-refractivity contribution is 5.09. The Hall–Kier alpha value is -0.870. The predicted octanol–water partition coefficient (Wildman–Crippen LogP) is 1.35. The van der Waals surface area contributed by atoms with E-state index in [9.17, 15) is 0 Å². The Morgan fingerprint density at radius 2 is 2.31 bits per heavy atom. The smallest absolute Gasteiger partial charge is 0.0625 e. The monoisotopic (exact) mass is 225 g/mol. The summed E-state index contributed by atoms with van der Waals surface area (Å²) in [4.78, 5) is 0. The van der Waals surface area contributed by atoms with Crippen LogP contribution in [0, 0.1) is 5.92 Å². The first-order valence-corrected chi connectivity index (χ1v) is 5.88. The third kappa shape index (κ3) is 3.94. The molecule has 0 amide bonds. The minimum absolute atomic E-state index is 0.545. The lowest BCUT2D eigenvalue weighted by Crippen LogP contribution is -2.24. The van der Waals surface area contributed by atoms with Crippen LogP contribution in [-0.4, -0.2) is 30.0 Å². The van der Waals surface area contributed by atoms with Crippen LogP contribution in [0.2, 0.25) is 0 Å². The molecular formula is C12H23N3O. The molecule has 1 heterocycles. The van der Waals surface area contributed by atoms with Crippen LogP contribution < -0.4 is 5.32 Å². The zero-order valence-electron chi connectivity index (χ0n) is 10.8. The van der Waals surface area contributed by atoms with Crippen molar-refractivity contribution in [3.8, 4) is 0 Å². The maximum absolute atomic E-state index is 5.09. The maximum Gasteiger partial charge on any atom is 0.0625 e. The van der Waals surface area contributed by atoms with Gasteiger partial charge in [0.15, 0.2) is 0 Å². The molecule has 0 bridgehead atoms. The van der Waals surface area contributed by atoms with Crippen LogP contribution in [0.1, 0.15) is 25.2 Å². The van der Waals surface area contributed by atoms with Crippen molar-refractivity contribution in [2.24, 2.45) is 13.0 Å². The zero-order chi connectivity index (χ0) is 12.0. The Balaban J connectivity index is 2.33. The molecule has 92 valence electrons. The molecule has 1 unspecified atom stereocenters. The molecule has 0 fully saturated rings. The number of ether oxygens (including phenoxy) is 1. The standard InChI is InChI=1S/C12H23N3O/c1-5-11-6-12(15(3)14-11)8-13-7-10(2)9-16-4/h6,10,13H,5,7-9H2,1-4H3. The fraction of sp³-hybridized carbons (Fsp3) is 0.750. The summed E-state index contributed by atoms with van der Waals surface area (Å²) in [6.45, 7) is 6.95. The quantitative estimate of drug-likeness (QED) is 0.761. The van der Waals surface area contributed by atoms with E-state index in [0.29, 0.717) is 5.92 Å². The van der Waals surface area contributed by atoms with E-state index in [2.05, 4.69) is 30.3 Å². The van der Waals surface area contributed by atoms with E-state index in [4.69, 9.17) is 4.74 Å². The van der Waals surface area contributed by atoms with E-state index in [1.807, 2.05) is 11.7 Å². The second-order valence-electron chi connectivity index (χ2n) is 4.30. The van der Waals surface area contributed by atoms with Crippen molar-refractivity contribution in [3.63, 3.8) is 0 Å². The van der Waals surface area contributed by atoms with Gasteiger partial charge in [0.05, 0.1) is 11.4 Å². The van der Waals surface area contributed by atoms with Crippen molar-refractivity contribution in [1.82, 2.24) is 15.1 Å². The van der Waals surface area contributed by atoms with E-state index >= 15 is 0 Å². The number of rotatable bonds is 7. The first-order valence-electron chi connectivity index (χ1n) is 5.88. The fourth-order valence-electron chi connectivity index (χ4n) is 1.70. The van der Waals surface area contributed by atoms with Gasteiger partial charge in [-0.3, -0.25) is 4.68 Å². The van der Waals surface area contributed by atoms with Gasteiger partial charge in [-0.1, -0.05) is 13.8 Å². The molecule has 0 saturated carbocycles. The Bertz CT molecular complexity index is 309. The molecule has 0 aliphatic carbocycles. The molecule has 0 radical (unpaired) electrons. The molecule has 4 heteroatoms. The second-order valence-corrected chi connectivity index (χ2v) is 4.30. The van der Waals surface area contributed by atoms with Gasteiger partial charge in [0.25, 0.3) is 0 Å². The van der Waals surface area contributed by atoms with Gasteiger partial charge in [0, 0.05) is 33.9 Å². The number of nitrogens with one attached hydrogen (secondary N) is 1. The lowest BCUT2D eigenvalue weighted by Gasteiger charge is -2.11. The molecule has 1 rings (SSSR count). The SMILES string of the molecule is CCc1cc(CNCC(C)COC)n(C)n1. The van der Waals surface area contributed by atoms with E-state index in [1.165, 1.54) is 5.69 Å². The fourth-order valence-corrected chi connectivity index (χ4v) is 1.70. The highest BCUT2D eigenvalue weighted by atomic mass is 16.5. The number of hydrogen-bond acceptors (Lipinski definition) is 3. The van der Waals surface area contributed by atoms with Crippen molar-refractivity contribution >= 4 is 0 Å². The molecule has 1 aromatic heterocycles. The number of methoxy groups -OCH3 is 1. The summed E-state index contributed by atoms with van der Waals surface area (Å²) in [5.41, 5.74) is 2.39. The molecule has 0 aliphatic rings. The van der Waals surface area contributed by atoms with Crippen LogP contribution >= 0.6 is 0 Å². The molecule has 1 atom stereocenters. The van der Waals surface area contributed by atoms with Gasteiger partial charge < -0.3 is 10.1 Å². The van der Waals surface area contributed by atoms with Crippen molar-refractivity contribution in [2.75, 3.05) is 20.3 Å². The van der Waals surface area contributed by atoms with Crippen LogP contribution in [0.15, 0.2) is 6.07 Å². The molecule has 1 aromatic rings. The number of aryl methyl sites for hydroxylation is 2. The molecule has 4 nitrogen and oxygen atoms in total. The van der Waals surface area contributed by atoms with Crippen LogP contribution in [0.25, 0.3) is 0 Å². The lowest BCUT2D eigenvalue weighted by molar-refractivity contribution is 0.158. The molecular weight excluding hydrogens is 202 g/mol. The molecule has 0 aliphatic heterocycles. The van der Waals surface area contributed by atoms with Crippen molar-refractivity contribution in [1.29, 1.82) is 0 Å². The van der Waals surface area contributed by atoms with Gasteiger partial charge in [-0.2, -0.15) is 5.10 Å². The van der Waals surface area contributed by atoms with Gasteiger partial charge in [-0.15, -0.1) is 0 Å². The topological polar surface area (TPSA) is 39.1 Å². The number of nitrogens with zero attached hydrogens (tertiary/aromatic N) is 2. The first kappa shape index (κ1) is 13.2. The highest BCUT2D eigenvalue weighted by Gasteiger charge is 2.04. The summed E-state index contributed by atoms with van der Waals surface area (Å²) >= 11 is 0. The molecule has 1 N–H and O–H groups in total. The molecule has 0 aromatic carbocycles. The maximum atomic E-state index is 5.09. The summed E-state index contributed by atoms with van der Waals surface area (Å²) in [6.07, 6.45) is 0.994. The summed E-state index contributed by atoms with van der Waals surface area (Å²) in [5.74, 6) is 0.545. The Labute approximate surface area is 98.0 Å². The van der Waals surface area contributed by atoms with Crippen molar-refractivity contribution in [3.05, 3.63) is 17.5 Å². The Morgan fingerprint density at radius 1 is 1.56 bits per heavy atom. The summed E-state index contributed by atoms with van der Waals surface area (Å²) in [7, 11) is 3.74. The molecule has 16 heavy (non-hydrogen) atoms. The average molecular weight is 225 g/mol. The average Bonchev–Trinajstić information content (AvgIpc) is 2.60. The van der Waals surface area contributed by atoms with Gasteiger partial charge in [-0.05, 0) is 18.4 Å². The van der Waals surface area contributed by atoms with E-state index in [-0.39, 0.29) is 0 Å². The second kappa shape index (κ2) is 6.66. The highest BCUT2D eigenvalue weighted by Crippen LogP contribution is 2.03. The van der Waals surface area contributed by atoms with Crippen LogP contribution in [0.3, 0.4) is 0 Å². The van der Waals surface area contributed by atoms with E-state index in [1.54, 1.807) is 7.11 Å². The van der Waals surface area contributed by atoms with E-state index in [0.717, 1.165) is 31.8 Å². The molecule has 0 spiro atoms. The lowest BCUT2D eigenvalue weighted by atomic mass is 10.2. The van der Waals surface area contributed by atoms with Crippen LogP contribution in [-0.2, 0) is 24.8 Å². The number of hydrogen-bond donors (Lipinski definition) is 1. The minimum Gasteiger partial charge on any atom is -0.384 e. The Morgan fingerprint density at radius 3 is 2.88 bits per heavy atom. The van der Waals surface area contributed by atoms with Crippen LogP contribution in [0.4, 0.5) is 0 Å². The van der Waals surface area contributed by atoms with E-state index < -0.39 is 0 Å². The van der Waals surface area contributed by atoms with Gasteiger partial charge >= 0.3 is 0 Å². The van der Waals surface area contributed by atoms with Gasteiger partial charge in [-0.25, -0.2) is 0 Å². The summed E-state index contributed by atoms with van der Waals surface area (Å²) in [6, 6.07) is 2.16. The largest absolute Gasteiger partial charge is 0.384 e. The predicted molar refractivity (Wildman–Crippen MR) is 65.3 cm³/mol. The van der Waals surface area contributed by atoms with Gasteiger partial charge in [0.1, 0.15) is 0 Å². The summed E-state index contributed by atoms with van der Waals surface area (Å²) < 4.78 is 7.05. The Kier molecular flexibility index (Phi) is 5.49. The number of aromatic nitrogens is 2. The van der Waals surface area contributed by atoms with Crippen LogP contribution in [0.5, 0.6) is 0 Å². The summed E-state index contributed by atoms with van der Waals surface area (Å²) in [5, 5.41) is 7.84. The third-order valence-electron chi connectivity index (χ3n) is 2.64. The first-order chi connectivity index (χ1) is 7.67. The molecule has 0 saturated heterocycles. The third-order valence-corrected chi connectivity index (χ3v) is 2.64. The normalized spacial score (nSPS) is 13.0. The van der Waals surface area contributed by atoms with Crippen molar-refractivity contribution in [2.45, 2.75) is 26.8 Å². The zero-order valence-corrected chi connectivity index (χ0v) is 10.8. The minimum atomic E-state index is 0.545. The van der Waals surface area contributed by atoms with Crippen molar-refractivity contribution < 1.29 is 4.74 Å².